The molecule has 0 heterocycles. The van der Waals surface area contributed by atoms with E-state index in [4.69, 9.17) is 9.84 Å². The van der Waals surface area contributed by atoms with Crippen LogP contribution < -0.4 is 5.32 Å². The maximum Gasteiger partial charge on any atom is 0.227 e. The van der Waals surface area contributed by atoms with Crippen molar-refractivity contribution in [2.24, 2.45) is 0 Å². The van der Waals surface area contributed by atoms with Gasteiger partial charge < -0.3 is 15.2 Å². The molecule has 1 rings (SSSR count). The van der Waals surface area contributed by atoms with Gasteiger partial charge in [-0.25, -0.2) is 4.39 Å². The topological polar surface area (TPSA) is 58.6 Å². The first-order valence-electron chi connectivity index (χ1n) is 6.59. The lowest BCUT2D eigenvalue weighted by atomic mass is 9.95. The Kier molecular flexibility index (Phi) is 6.10. The highest BCUT2D eigenvalue weighted by atomic mass is 19.1. The van der Waals surface area contributed by atoms with Crippen molar-refractivity contribution in [3.05, 3.63) is 35.6 Å². The Morgan fingerprint density at radius 1 is 1.55 bits per heavy atom. The van der Waals surface area contributed by atoms with Crippen molar-refractivity contribution in [1.82, 2.24) is 5.32 Å². The van der Waals surface area contributed by atoms with Crippen LogP contribution in [0, 0.1) is 5.82 Å². The molecule has 0 spiro atoms. The highest BCUT2D eigenvalue weighted by molar-refractivity contribution is 5.83. The van der Waals surface area contributed by atoms with E-state index in [9.17, 15) is 9.18 Å². The second-order valence-corrected chi connectivity index (χ2v) is 5.23. The number of carbonyl (C=O) groups is 1. The Hall–Kier alpha value is -1.46. The van der Waals surface area contributed by atoms with E-state index < -0.39 is 11.5 Å². The number of nitrogens with one attached hydrogen (secondary N) is 1. The third kappa shape index (κ3) is 4.58. The molecule has 1 aromatic rings. The zero-order chi connectivity index (χ0) is 15.2. The third-order valence-corrected chi connectivity index (χ3v) is 3.29. The number of ether oxygens (including phenoxy) is 1. The average Bonchev–Trinajstić information content (AvgIpc) is 2.38. The summed E-state index contributed by atoms with van der Waals surface area (Å²) in [5.41, 5.74) is -0.0198. The van der Waals surface area contributed by atoms with E-state index in [1.54, 1.807) is 19.1 Å². The number of carbonyl (C=O) groups excluding carboxylic acids is 1. The first-order valence-corrected chi connectivity index (χ1v) is 6.59. The van der Waals surface area contributed by atoms with Crippen molar-refractivity contribution in [2.45, 2.75) is 31.7 Å². The molecule has 0 saturated heterocycles. The Balaban J connectivity index is 2.78. The van der Waals surface area contributed by atoms with Crippen LogP contribution in [0.5, 0.6) is 0 Å². The molecule has 2 N–H and O–H groups in total. The molecular formula is C15H22FNO3. The molecule has 0 bridgehead atoms. The van der Waals surface area contributed by atoms with Crippen molar-refractivity contribution in [3.63, 3.8) is 0 Å². The number of halogens is 1. The minimum Gasteiger partial charge on any atom is -0.396 e. The second-order valence-electron chi connectivity index (χ2n) is 5.23. The molecule has 0 radical (unpaired) electrons. The van der Waals surface area contributed by atoms with Crippen LogP contribution in [0.25, 0.3) is 0 Å². The number of aliphatic hydroxyl groups excluding tert-OH is 1. The lowest BCUT2D eigenvalue weighted by Gasteiger charge is -2.31. The molecule has 0 aliphatic carbocycles. The Bertz CT molecular complexity index is 444. The number of hydrogen-bond acceptors (Lipinski definition) is 3. The van der Waals surface area contributed by atoms with Gasteiger partial charge in [-0.1, -0.05) is 12.1 Å². The van der Waals surface area contributed by atoms with Gasteiger partial charge in [-0.3, -0.25) is 4.79 Å². The summed E-state index contributed by atoms with van der Waals surface area (Å²) in [4.78, 5) is 12.2. The Morgan fingerprint density at radius 2 is 2.25 bits per heavy atom. The van der Waals surface area contributed by atoms with E-state index >= 15 is 0 Å². The van der Waals surface area contributed by atoms with Crippen molar-refractivity contribution in [1.29, 1.82) is 0 Å². The van der Waals surface area contributed by atoms with Crippen LogP contribution in [-0.4, -0.2) is 36.9 Å². The van der Waals surface area contributed by atoms with Crippen molar-refractivity contribution >= 4 is 5.91 Å². The minimum absolute atomic E-state index is 0.0471. The predicted molar refractivity (Wildman–Crippen MR) is 74.9 cm³/mol. The Labute approximate surface area is 119 Å². The van der Waals surface area contributed by atoms with Gasteiger partial charge in [0.15, 0.2) is 0 Å². The van der Waals surface area contributed by atoms with Crippen molar-refractivity contribution in [3.8, 4) is 0 Å². The molecule has 0 fully saturated rings. The number of methoxy groups -OCH3 is 1. The predicted octanol–water partition coefficient (Wildman–Crippen LogP) is 1.83. The van der Waals surface area contributed by atoms with E-state index in [1.165, 1.54) is 19.2 Å². The highest BCUT2D eigenvalue weighted by Crippen LogP contribution is 2.19. The number of benzene rings is 1. The molecule has 1 amide bonds. The molecule has 0 saturated carbocycles. The quantitative estimate of drug-likeness (QED) is 0.802. The van der Waals surface area contributed by atoms with Crippen LogP contribution in [0.15, 0.2) is 24.3 Å². The number of aliphatic hydroxyl groups is 1. The van der Waals surface area contributed by atoms with Gasteiger partial charge in [0.1, 0.15) is 5.82 Å². The van der Waals surface area contributed by atoms with Gasteiger partial charge in [0.2, 0.25) is 5.91 Å². The smallest absolute Gasteiger partial charge is 0.227 e. The summed E-state index contributed by atoms with van der Waals surface area (Å²) in [6, 6.07) is 5.99. The van der Waals surface area contributed by atoms with E-state index in [2.05, 4.69) is 5.32 Å². The summed E-state index contributed by atoms with van der Waals surface area (Å²) in [6.07, 6.45) is 0.391. The molecule has 0 aliphatic rings. The van der Waals surface area contributed by atoms with E-state index in [0.717, 1.165) is 0 Å². The standard InChI is InChI=1S/C15H22FNO3/c1-11(12-5-4-6-13(16)9-12)14(19)17-15(2,7-8-18)10-20-3/h4-6,9,11,18H,7-8,10H2,1-3H3,(H,17,19). The molecule has 2 atom stereocenters. The molecule has 4 nitrogen and oxygen atoms in total. The SMILES string of the molecule is COCC(C)(CCO)NC(=O)C(C)c1cccc(F)c1. The molecule has 2 unspecified atom stereocenters. The molecule has 1 aromatic carbocycles. The van der Waals surface area contributed by atoms with Gasteiger partial charge in [-0.2, -0.15) is 0 Å². The van der Waals surface area contributed by atoms with Gasteiger partial charge in [-0.05, 0) is 38.0 Å². The van der Waals surface area contributed by atoms with E-state index in [1.807, 2.05) is 6.92 Å². The molecule has 5 heteroatoms. The van der Waals surface area contributed by atoms with Crippen LogP contribution in [0.2, 0.25) is 0 Å². The van der Waals surface area contributed by atoms with Gasteiger partial charge >= 0.3 is 0 Å². The van der Waals surface area contributed by atoms with Gasteiger partial charge in [0.25, 0.3) is 0 Å². The van der Waals surface area contributed by atoms with Gasteiger partial charge in [0, 0.05) is 13.7 Å². The average molecular weight is 283 g/mol. The normalized spacial score (nSPS) is 15.4. The fraction of sp³-hybridized carbons (Fsp3) is 0.533. The largest absolute Gasteiger partial charge is 0.396 e. The van der Waals surface area contributed by atoms with Crippen LogP contribution in [-0.2, 0) is 9.53 Å². The fourth-order valence-electron chi connectivity index (χ4n) is 2.07. The summed E-state index contributed by atoms with van der Waals surface area (Å²) < 4.78 is 18.3. The van der Waals surface area contributed by atoms with Crippen LogP contribution in [0.3, 0.4) is 0 Å². The van der Waals surface area contributed by atoms with E-state index in [0.29, 0.717) is 18.6 Å². The maximum atomic E-state index is 13.2. The summed E-state index contributed by atoms with van der Waals surface area (Å²) >= 11 is 0. The lowest BCUT2D eigenvalue weighted by molar-refractivity contribution is -0.124. The number of rotatable bonds is 7. The van der Waals surface area contributed by atoms with E-state index in [-0.39, 0.29) is 18.3 Å². The first kappa shape index (κ1) is 16.6. The van der Waals surface area contributed by atoms with Crippen LogP contribution >= 0.6 is 0 Å². The van der Waals surface area contributed by atoms with Crippen LogP contribution in [0.4, 0.5) is 4.39 Å². The number of amides is 1. The van der Waals surface area contributed by atoms with Crippen molar-refractivity contribution in [2.75, 3.05) is 20.3 Å². The fourth-order valence-corrected chi connectivity index (χ4v) is 2.07. The first-order chi connectivity index (χ1) is 9.41. The molecule has 20 heavy (non-hydrogen) atoms. The van der Waals surface area contributed by atoms with Crippen molar-refractivity contribution < 1.29 is 19.0 Å². The Morgan fingerprint density at radius 3 is 2.80 bits per heavy atom. The summed E-state index contributed by atoms with van der Waals surface area (Å²) in [6.45, 7) is 3.78. The van der Waals surface area contributed by atoms with Gasteiger partial charge in [-0.15, -0.1) is 0 Å². The van der Waals surface area contributed by atoms with Crippen LogP contribution in [0.1, 0.15) is 31.7 Å². The third-order valence-electron chi connectivity index (χ3n) is 3.29. The monoisotopic (exact) mass is 283 g/mol. The molecule has 0 aliphatic heterocycles. The van der Waals surface area contributed by atoms with Gasteiger partial charge in [0.05, 0.1) is 18.1 Å². The summed E-state index contributed by atoms with van der Waals surface area (Å²) in [5.74, 6) is -1.05. The number of hydrogen-bond donors (Lipinski definition) is 2. The molecule has 0 aromatic heterocycles. The summed E-state index contributed by atoms with van der Waals surface area (Å²) in [7, 11) is 1.54. The minimum atomic E-state index is -0.637. The summed E-state index contributed by atoms with van der Waals surface area (Å²) in [5, 5.41) is 11.9. The maximum absolute atomic E-state index is 13.2. The highest BCUT2D eigenvalue weighted by Gasteiger charge is 2.28. The zero-order valence-electron chi connectivity index (χ0n) is 12.1. The molecule has 112 valence electrons. The second kappa shape index (κ2) is 7.36. The molecular weight excluding hydrogens is 261 g/mol. The lowest BCUT2D eigenvalue weighted by Crippen LogP contribution is -2.51. The zero-order valence-corrected chi connectivity index (χ0v) is 12.1.